The molecule has 2 aromatic carbocycles. The van der Waals surface area contributed by atoms with Gasteiger partial charge in [-0.2, -0.15) is 36.6 Å². The highest BCUT2D eigenvalue weighted by atomic mass is 19.4. The lowest BCUT2D eigenvalue weighted by atomic mass is 10.0. The summed E-state index contributed by atoms with van der Waals surface area (Å²) in [6.45, 7) is -0.0881. The third-order valence-electron chi connectivity index (χ3n) is 4.57. The first kappa shape index (κ1) is 20.5. The first-order chi connectivity index (χ1) is 14.6. The Morgan fingerprint density at radius 3 is 2.45 bits per heavy atom. The van der Waals surface area contributed by atoms with Crippen LogP contribution >= 0.6 is 0 Å². The Labute approximate surface area is 170 Å². The highest BCUT2D eigenvalue weighted by Crippen LogP contribution is 2.38. The van der Waals surface area contributed by atoms with E-state index in [1.54, 1.807) is 6.07 Å². The van der Waals surface area contributed by atoms with Gasteiger partial charge < -0.3 is 9.09 Å². The van der Waals surface area contributed by atoms with Gasteiger partial charge in [-0.25, -0.2) is 0 Å². The Bertz CT molecular complexity index is 1310. The third-order valence-corrected chi connectivity index (χ3v) is 4.57. The first-order valence-electron chi connectivity index (χ1n) is 8.67. The van der Waals surface area contributed by atoms with Crippen LogP contribution in [-0.4, -0.2) is 14.7 Å². The molecule has 0 unspecified atom stereocenters. The predicted octanol–water partition coefficient (Wildman–Crippen LogP) is 5.65. The SMILES string of the molecule is N#Cc1ccc2c(ccn2Cc2noc(-c3cccc(C(F)(F)F)c3)n2)c1C(F)(F)F. The van der Waals surface area contributed by atoms with Crippen LogP contribution in [0.15, 0.2) is 53.2 Å². The Balaban J connectivity index is 1.68. The van der Waals surface area contributed by atoms with Crippen molar-refractivity contribution < 1.29 is 30.9 Å². The van der Waals surface area contributed by atoms with E-state index in [1.165, 1.54) is 35.0 Å². The Morgan fingerprint density at radius 2 is 1.77 bits per heavy atom. The van der Waals surface area contributed by atoms with E-state index in [4.69, 9.17) is 9.78 Å². The van der Waals surface area contributed by atoms with Crippen LogP contribution in [0.3, 0.4) is 0 Å². The largest absolute Gasteiger partial charge is 0.418 e. The number of fused-ring (bicyclic) bond motifs is 1. The van der Waals surface area contributed by atoms with Gasteiger partial charge in [0.2, 0.25) is 0 Å². The zero-order chi connectivity index (χ0) is 22.4. The Hall–Kier alpha value is -3.81. The average molecular weight is 436 g/mol. The van der Waals surface area contributed by atoms with Crippen LogP contribution in [0.4, 0.5) is 26.3 Å². The molecule has 4 aromatic rings. The fourth-order valence-electron chi connectivity index (χ4n) is 3.23. The molecule has 158 valence electrons. The lowest BCUT2D eigenvalue weighted by Gasteiger charge is -2.11. The normalized spacial score (nSPS) is 12.3. The van der Waals surface area contributed by atoms with Crippen molar-refractivity contribution in [1.82, 2.24) is 14.7 Å². The van der Waals surface area contributed by atoms with Crippen LogP contribution in [0.5, 0.6) is 0 Å². The maximum absolute atomic E-state index is 13.4. The summed E-state index contributed by atoms with van der Waals surface area (Å²) in [7, 11) is 0. The second-order valence-electron chi connectivity index (χ2n) is 6.57. The quantitative estimate of drug-likeness (QED) is 0.390. The summed E-state index contributed by atoms with van der Waals surface area (Å²) in [4.78, 5) is 4.05. The maximum Gasteiger partial charge on any atom is 0.418 e. The summed E-state index contributed by atoms with van der Waals surface area (Å²) in [6.07, 6.45) is -7.89. The summed E-state index contributed by atoms with van der Waals surface area (Å²) in [5, 5.41) is 12.6. The van der Waals surface area contributed by atoms with Gasteiger partial charge in [-0.3, -0.25) is 0 Å². The Kier molecular flexibility index (Phi) is 4.72. The van der Waals surface area contributed by atoms with Crippen LogP contribution < -0.4 is 0 Å². The van der Waals surface area contributed by atoms with Crippen molar-refractivity contribution >= 4 is 10.9 Å². The predicted molar refractivity (Wildman–Crippen MR) is 95.5 cm³/mol. The van der Waals surface area contributed by atoms with E-state index in [1.807, 2.05) is 0 Å². The van der Waals surface area contributed by atoms with E-state index in [2.05, 4.69) is 10.1 Å². The van der Waals surface area contributed by atoms with E-state index in [0.29, 0.717) is 0 Å². The number of rotatable bonds is 3. The van der Waals surface area contributed by atoms with Gasteiger partial charge in [0.1, 0.15) is 0 Å². The number of nitriles is 1. The molecule has 0 atom stereocenters. The average Bonchev–Trinajstić information content (AvgIpc) is 3.33. The number of alkyl halides is 6. The van der Waals surface area contributed by atoms with E-state index in [9.17, 15) is 26.3 Å². The molecule has 0 aliphatic carbocycles. The van der Waals surface area contributed by atoms with Gasteiger partial charge in [0.25, 0.3) is 5.89 Å². The van der Waals surface area contributed by atoms with Crippen molar-refractivity contribution in [3.8, 4) is 17.5 Å². The molecule has 5 nitrogen and oxygen atoms in total. The van der Waals surface area contributed by atoms with Crippen LogP contribution in [-0.2, 0) is 18.9 Å². The molecule has 0 aliphatic heterocycles. The van der Waals surface area contributed by atoms with E-state index in [-0.39, 0.29) is 34.7 Å². The lowest BCUT2D eigenvalue weighted by Crippen LogP contribution is -2.09. The molecule has 2 heterocycles. The van der Waals surface area contributed by atoms with Gasteiger partial charge in [-0.15, -0.1) is 0 Å². The lowest BCUT2D eigenvalue weighted by molar-refractivity contribution is -0.138. The van der Waals surface area contributed by atoms with Crippen molar-refractivity contribution in [1.29, 1.82) is 5.26 Å². The second kappa shape index (κ2) is 7.16. The number of benzene rings is 2. The van der Waals surface area contributed by atoms with E-state index in [0.717, 1.165) is 18.2 Å². The second-order valence-corrected chi connectivity index (χ2v) is 6.57. The van der Waals surface area contributed by atoms with Gasteiger partial charge in [-0.1, -0.05) is 11.2 Å². The molecular formula is C20H10F6N4O. The molecule has 31 heavy (non-hydrogen) atoms. The smallest absolute Gasteiger partial charge is 0.340 e. The van der Waals surface area contributed by atoms with Gasteiger partial charge >= 0.3 is 12.4 Å². The monoisotopic (exact) mass is 436 g/mol. The molecule has 0 amide bonds. The number of halogens is 6. The number of hydrogen-bond donors (Lipinski definition) is 0. The van der Waals surface area contributed by atoms with Crippen molar-refractivity contribution in [3.05, 3.63) is 71.2 Å². The van der Waals surface area contributed by atoms with Crippen molar-refractivity contribution in [2.45, 2.75) is 18.9 Å². The zero-order valence-corrected chi connectivity index (χ0v) is 15.3. The fourth-order valence-corrected chi connectivity index (χ4v) is 3.23. The minimum Gasteiger partial charge on any atom is -0.340 e. The molecule has 0 spiro atoms. The standard InChI is InChI=1S/C20H10F6N4O/c21-19(22,23)13-3-1-2-11(8-13)18-28-16(29-31-18)10-30-7-6-14-15(30)5-4-12(9-27)17(14)20(24,25)26/h1-8H,10H2. The highest BCUT2D eigenvalue weighted by molar-refractivity contribution is 5.86. The summed E-state index contributed by atoms with van der Waals surface area (Å²) in [5.41, 5.74) is -2.16. The molecule has 0 bridgehead atoms. The fraction of sp³-hybridized carbons (Fsp3) is 0.150. The van der Waals surface area contributed by atoms with Gasteiger partial charge in [0.05, 0.1) is 29.3 Å². The molecule has 0 fully saturated rings. The topological polar surface area (TPSA) is 67.6 Å². The van der Waals surface area contributed by atoms with Crippen molar-refractivity contribution in [3.63, 3.8) is 0 Å². The summed E-state index contributed by atoms with van der Waals surface area (Å²) in [5.74, 6) is -0.0943. The summed E-state index contributed by atoms with van der Waals surface area (Å²) >= 11 is 0. The zero-order valence-electron chi connectivity index (χ0n) is 15.3. The van der Waals surface area contributed by atoms with Gasteiger partial charge in [0, 0.05) is 22.7 Å². The number of nitrogens with zero attached hydrogens (tertiary/aromatic N) is 4. The van der Waals surface area contributed by atoms with Crippen molar-refractivity contribution in [2.24, 2.45) is 0 Å². The van der Waals surface area contributed by atoms with Gasteiger partial charge in [0.15, 0.2) is 5.82 Å². The van der Waals surface area contributed by atoms with Gasteiger partial charge in [-0.05, 0) is 36.4 Å². The van der Waals surface area contributed by atoms with Crippen LogP contribution in [0, 0.1) is 11.3 Å². The van der Waals surface area contributed by atoms with Crippen LogP contribution in [0.2, 0.25) is 0 Å². The summed E-state index contributed by atoms with van der Waals surface area (Å²) < 4.78 is 85.4. The molecular weight excluding hydrogens is 426 g/mol. The summed E-state index contributed by atoms with van der Waals surface area (Å²) in [6, 6.07) is 9.56. The van der Waals surface area contributed by atoms with Crippen molar-refractivity contribution in [2.75, 3.05) is 0 Å². The molecule has 0 saturated heterocycles. The molecule has 2 aromatic heterocycles. The molecule has 0 radical (unpaired) electrons. The molecule has 0 saturated carbocycles. The third kappa shape index (κ3) is 3.84. The molecule has 0 N–H and O–H groups in total. The number of hydrogen-bond acceptors (Lipinski definition) is 4. The van der Waals surface area contributed by atoms with Crippen LogP contribution in [0.25, 0.3) is 22.4 Å². The molecule has 11 heteroatoms. The Morgan fingerprint density at radius 1 is 1.00 bits per heavy atom. The molecule has 4 rings (SSSR count). The van der Waals surface area contributed by atoms with E-state index >= 15 is 0 Å². The minimum absolute atomic E-state index is 0.0582. The minimum atomic E-state index is -4.72. The maximum atomic E-state index is 13.4. The van der Waals surface area contributed by atoms with Crippen LogP contribution in [0.1, 0.15) is 22.5 Å². The molecule has 0 aliphatic rings. The van der Waals surface area contributed by atoms with E-state index < -0.39 is 29.0 Å². The number of aromatic nitrogens is 3. The first-order valence-corrected chi connectivity index (χ1v) is 8.67. The highest BCUT2D eigenvalue weighted by Gasteiger charge is 2.36.